The highest BCUT2D eigenvalue weighted by molar-refractivity contribution is 7.20. The monoisotopic (exact) mass is 424 g/mol. The molecule has 0 saturated carbocycles. The van der Waals surface area contributed by atoms with E-state index in [0.29, 0.717) is 36.1 Å². The van der Waals surface area contributed by atoms with Crippen molar-refractivity contribution in [1.82, 2.24) is 9.97 Å². The molecule has 0 bridgehead atoms. The van der Waals surface area contributed by atoms with E-state index >= 15 is 0 Å². The van der Waals surface area contributed by atoms with Crippen molar-refractivity contribution in [2.45, 2.75) is 40.2 Å². The van der Waals surface area contributed by atoms with Gasteiger partial charge in [-0.15, -0.1) is 11.3 Å². The Labute approximate surface area is 179 Å². The number of anilines is 2. The third kappa shape index (κ3) is 3.87. The second-order valence-corrected chi connectivity index (χ2v) is 8.24. The summed E-state index contributed by atoms with van der Waals surface area (Å²) in [4.78, 5) is 36.4. The summed E-state index contributed by atoms with van der Waals surface area (Å²) in [6, 6.07) is 8.00. The van der Waals surface area contributed by atoms with E-state index in [-0.39, 0.29) is 11.9 Å². The molecule has 0 unspecified atom stereocenters. The van der Waals surface area contributed by atoms with Crippen molar-refractivity contribution >= 4 is 44.9 Å². The van der Waals surface area contributed by atoms with Gasteiger partial charge in [0.1, 0.15) is 21.3 Å². The van der Waals surface area contributed by atoms with Crippen molar-refractivity contribution in [3.05, 3.63) is 46.1 Å². The smallest absolute Gasteiger partial charge is 0.348 e. The van der Waals surface area contributed by atoms with E-state index in [1.54, 1.807) is 6.92 Å². The number of nitrogens with one attached hydrogen (secondary N) is 1. The average molecular weight is 425 g/mol. The van der Waals surface area contributed by atoms with Crippen LogP contribution in [0.2, 0.25) is 0 Å². The number of aryl methyl sites for hydroxylation is 2. The van der Waals surface area contributed by atoms with Gasteiger partial charge in [0.2, 0.25) is 5.91 Å². The second kappa shape index (κ2) is 8.39. The molecule has 0 radical (unpaired) electrons. The van der Waals surface area contributed by atoms with Crippen LogP contribution in [0.15, 0.2) is 24.3 Å². The largest absolute Gasteiger partial charge is 0.462 e. The fraction of sp³-hybridized carbons (Fsp3) is 0.364. The molecule has 1 amide bonds. The molecule has 0 aliphatic carbocycles. The van der Waals surface area contributed by atoms with Crippen molar-refractivity contribution < 1.29 is 14.3 Å². The van der Waals surface area contributed by atoms with Gasteiger partial charge in [0, 0.05) is 25.2 Å². The third-order valence-corrected chi connectivity index (χ3v) is 6.31. The van der Waals surface area contributed by atoms with Crippen LogP contribution in [0, 0.1) is 13.8 Å². The van der Waals surface area contributed by atoms with E-state index in [4.69, 9.17) is 4.74 Å². The van der Waals surface area contributed by atoms with Gasteiger partial charge in [0.05, 0.1) is 12.0 Å². The molecule has 1 N–H and O–H groups in total. The second-order valence-electron chi connectivity index (χ2n) is 7.25. The van der Waals surface area contributed by atoms with Crippen LogP contribution in [0.5, 0.6) is 0 Å². The number of fused-ring (bicyclic) bond motifs is 1. The van der Waals surface area contributed by atoms with E-state index in [0.717, 1.165) is 40.0 Å². The zero-order valence-corrected chi connectivity index (χ0v) is 18.1. The summed E-state index contributed by atoms with van der Waals surface area (Å²) in [5.74, 6) is 1.21. The maximum Gasteiger partial charge on any atom is 0.348 e. The van der Waals surface area contributed by atoms with Gasteiger partial charge in [-0.1, -0.05) is 12.1 Å². The molecule has 30 heavy (non-hydrogen) atoms. The molecule has 3 heterocycles. The van der Waals surface area contributed by atoms with Crippen LogP contribution in [0.25, 0.3) is 10.2 Å². The maximum atomic E-state index is 12.3. The molecule has 1 saturated heterocycles. The first-order valence-corrected chi connectivity index (χ1v) is 10.9. The molecule has 0 atom stereocenters. The maximum absolute atomic E-state index is 12.3. The first-order valence-electron chi connectivity index (χ1n) is 10.1. The molecular formula is C22H24N4O3S. The highest BCUT2D eigenvalue weighted by Crippen LogP contribution is 2.34. The molecule has 1 aromatic carbocycles. The number of nitrogens with zero attached hydrogens (tertiary/aromatic N) is 3. The lowest BCUT2D eigenvalue weighted by molar-refractivity contribution is -0.117. The number of amides is 1. The molecule has 1 aliphatic heterocycles. The van der Waals surface area contributed by atoms with Gasteiger partial charge in [-0.3, -0.25) is 4.79 Å². The lowest BCUT2D eigenvalue weighted by Gasteiger charge is -2.16. The predicted molar refractivity (Wildman–Crippen MR) is 118 cm³/mol. The fourth-order valence-electron chi connectivity index (χ4n) is 3.67. The van der Waals surface area contributed by atoms with Crippen LogP contribution >= 0.6 is 11.3 Å². The van der Waals surface area contributed by atoms with Crippen LogP contribution < -0.4 is 10.2 Å². The van der Waals surface area contributed by atoms with Gasteiger partial charge in [0.25, 0.3) is 0 Å². The molecule has 8 heteroatoms. The Morgan fingerprint density at radius 3 is 2.67 bits per heavy atom. The van der Waals surface area contributed by atoms with Crippen LogP contribution in [0.1, 0.15) is 46.4 Å². The van der Waals surface area contributed by atoms with Gasteiger partial charge >= 0.3 is 5.97 Å². The summed E-state index contributed by atoms with van der Waals surface area (Å²) in [5.41, 5.74) is 2.85. The van der Waals surface area contributed by atoms with Crippen molar-refractivity contribution in [2.75, 3.05) is 23.4 Å². The minimum Gasteiger partial charge on any atom is -0.462 e. The highest BCUT2D eigenvalue weighted by atomic mass is 32.1. The normalized spacial score (nSPS) is 13.8. The van der Waals surface area contributed by atoms with Gasteiger partial charge in [-0.05, 0) is 50.5 Å². The van der Waals surface area contributed by atoms with Gasteiger partial charge < -0.3 is 15.0 Å². The molecule has 2 aromatic heterocycles. The molecule has 1 fully saturated rings. The van der Waals surface area contributed by atoms with Crippen molar-refractivity contribution in [3.8, 4) is 0 Å². The van der Waals surface area contributed by atoms with Gasteiger partial charge in [0.15, 0.2) is 0 Å². The summed E-state index contributed by atoms with van der Waals surface area (Å²) in [5, 5.41) is 4.25. The number of rotatable bonds is 6. The number of carbonyl (C=O) groups is 2. The third-order valence-electron chi connectivity index (χ3n) is 5.14. The summed E-state index contributed by atoms with van der Waals surface area (Å²) in [6.45, 7) is 7.23. The Morgan fingerprint density at radius 2 is 2.00 bits per heavy atom. The van der Waals surface area contributed by atoms with E-state index in [1.165, 1.54) is 11.3 Å². The summed E-state index contributed by atoms with van der Waals surface area (Å²) < 4.78 is 5.17. The number of benzene rings is 1. The van der Waals surface area contributed by atoms with Gasteiger partial charge in [-0.2, -0.15) is 0 Å². The fourth-order valence-corrected chi connectivity index (χ4v) is 4.79. The number of aromatic nitrogens is 2. The Bertz CT molecular complexity index is 1110. The number of hydrogen-bond donors (Lipinski definition) is 1. The number of thiophene rings is 1. The predicted octanol–water partition coefficient (Wildman–Crippen LogP) is 4.22. The molecule has 0 spiro atoms. The van der Waals surface area contributed by atoms with E-state index in [2.05, 4.69) is 15.3 Å². The lowest BCUT2D eigenvalue weighted by atomic mass is 10.1. The summed E-state index contributed by atoms with van der Waals surface area (Å²) in [7, 11) is 0. The van der Waals surface area contributed by atoms with Crippen LogP contribution in [-0.2, 0) is 16.1 Å². The number of esters is 1. The first-order chi connectivity index (χ1) is 14.5. The SMILES string of the molecule is CCOC(=O)c1sc2nc(C)nc(NCc3ccc(N4CCCC4=O)cc3)c2c1C. The minimum absolute atomic E-state index is 0.185. The van der Waals surface area contributed by atoms with E-state index < -0.39 is 0 Å². The Balaban J connectivity index is 1.56. The van der Waals surface area contributed by atoms with Crippen LogP contribution in [0.3, 0.4) is 0 Å². The quantitative estimate of drug-likeness (QED) is 0.597. The zero-order valence-electron chi connectivity index (χ0n) is 17.3. The van der Waals surface area contributed by atoms with Crippen LogP contribution in [-0.4, -0.2) is 35.0 Å². The van der Waals surface area contributed by atoms with Crippen molar-refractivity contribution in [3.63, 3.8) is 0 Å². The molecule has 1 aliphatic rings. The number of ether oxygens (including phenoxy) is 1. The highest BCUT2D eigenvalue weighted by Gasteiger charge is 2.22. The number of carbonyl (C=O) groups excluding carboxylic acids is 2. The van der Waals surface area contributed by atoms with E-state index in [1.807, 2.05) is 43.0 Å². The summed E-state index contributed by atoms with van der Waals surface area (Å²) in [6.07, 6.45) is 1.54. The standard InChI is InChI=1S/C22H24N4O3S/c1-4-29-22(28)19-13(2)18-20(24-14(3)25-21(18)30-19)23-12-15-7-9-16(10-8-15)26-11-5-6-17(26)27/h7-10H,4-6,11-12H2,1-3H3,(H,23,24,25). The Hall–Kier alpha value is -3.00. The van der Waals surface area contributed by atoms with Crippen molar-refractivity contribution in [1.29, 1.82) is 0 Å². The molecule has 4 rings (SSSR count). The topological polar surface area (TPSA) is 84.4 Å². The average Bonchev–Trinajstić information content (AvgIpc) is 3.30. The lowest BCUT2D eigenvalue weighted by Crippen LogP contribution is -2.23. The summed E-state index contributed by atoms with van der Waals surface area (Å²) >= 11 is 1.34. The van der Waals surface area contributed by atoms with Crippen molar-refractivity contribution in [2.24, 2.45) is 0 Å². The zero-order chi connectivity index (χ0) is 21.3. The molecule has 3 aromatic rings. The molecular weight excluding hydrogens is 400 g/mol. The van der Waals surface area contributed by atoms with Gasteiger partial charge in [-0.25, -0.2) is 14.8 Å². The Morgan fingerprint density at radius 1 is 1.23 bits per heavy atom. The molecule has 7 nitrogen and oxygen atoms in total. The van der Waals surface area contributed by atoms with Crippen LogP contribution in [0.4, 0.5) is 11.5 Å². The Kier molecular flexibility index (Phi) is 5.67. The first kappa shape index (κ1) is 20.3. The van der Waals surface area contributed by atoms with E-state index in [9.17, 15) is 9.59 Å². The molecule has 156 valence electrons. The number of hydrogen-bond acceptors (Lipinski definition) is 7. The minimum atomic E-state index is -0.325.